The summed E-state index contributed by atoms with van der Waals surface area (Å²) in [6, 6.07) is 1.73. The molecule has 1 saturated heterocycles. The van der Waals surface area contributed by atoms with Gasteiger partial charge >= 0.3 is 12.4 Å². The second kappa shape index (κ2) is 9.45. The Balaban J connectivity index is 1.80. The summed E-state index contributed by atoms with van der Waals surface area (Å²) < 4.78 is 130. The molecule has 1 aliphatic heterocycles. The van der Waals surface area contributed by atoms with Gasteiger partial charge in [-0.2, -0.15) is 26.3 Å². The average Bonchev–Trinajstić information content (AvgIpc) is 2.67. The largest absolute Gasteiger partial charge is 0.416 e. The number of alkyl halides is 6. The normalized spacial score (nSPS) is 20.6. The van der Waals surface area contributed by atoms with Crippen molar-refractivity contribution in [2.24, 2.45) is 5.41 Å². The maximum Gasteiger partial charge on any atom is 0.416 e. The van der Waals surface area contributed by atoms with Crippen molar-refractivity contribution >= 4 is 31.5 Å². The van der Waals surface area contributed by atoms with Gasteiger partial charge in [-0.1, -0.05) is 6.42 Å². The number of carbonyl (C=O) groups is 1. The molecule has 7 nitrogen and oxygen atoms in total. The molecule has 2 fully saturated rings. The zero-order valence-electron chi connectivity index (χ0n) is 18.3. The first kappa shape index (κ1) is 27.6. The van der Waals surface area contributed by atoms with Gasteiger partial charge in [0.1, 0.15) is 9.84 Å². The minimum atomic E-state index is -4.86. The third kappa shape index (κ3) is 6.22. The van der Waals surface area contributed by atoms with E-state index in [0.717, 1.165) is 6.07 Å². The highest BCUT2D eigenvalue weighted by molar-refractivity contribution is 7.94. The van der Waals surface area contributed by atoms with Crippen LogP contribution in [-0.2, 0) is 26.0 Å². The van der Waals surface area contributed by atoms with Crippen molar-refractivity contribution in [1.29, 1.82) is 0 Å². The monoisotopic (exact) mass is 550 g/mol. The Morgan fingerprint density at radius 1 is 1.06 bits per heavy atom. The van der Waals surface area contributed by atoms with Gasteiger partial charge in [0.05, 0.1) is 39.0 Å². The quantitative estimate of drug-likeness (QED) is 0.501. The van der Waals surface area contributed by atoms with E-state index in [4.69, 9.17) is 0 Å². The minimum Gasteiger partial charge on any atom is -0.352 e. The molecule has 35 heavy (non-hydrogen) atoms. The molecule has 1 amide bonds. The lowest BCUT2D eigenvalue weighted by molar-refractivity contribution is -0.252. The first-order valence-electron chi connectivity index (χ1n) is 10.7. The second-order valence-electron chi connectivity index (χ2n) is 8.89. The van der Waals surface area contributed by atoms with Crippen LogP contribution in [0.3, 0.4) is 0 Å². The number of sulfonamides is 1. The summed E-state index contributed by atoms with van der Waals surface area (Å²) in [5.41, 5.74) is -4.40. The molecule has 0 bridgehead atoms. The first-order chi connectivity index (χ1) is 16.0. The van der Waals surface area contributed by atoms with E-state index < -0.39 is 78.6 Å². The third-order valence-corrected chi connectivity index (χ3v) is 10.2. The van der Waals surface area contributed by atoms with Crippen molar-refractivity contribution in [3.63, 3.8) is 0 Å². The van der Waals surface area contributed by atoms with Crippen molar-refractivity contribution in [2.75, 3.05) is 22.8 Å². The number of hydrogen-bond donors (Lipinski definition) is 2. The van der Waals surface area contributed by atoms with E-state index in [0.29, 0.717) is 18.6 Å². The fourth-order valence-corrected chi connectivity index (χ4v) is 7.50. The van der Waals surface area contributed by atoms with Gasteiger partial charge in [0.2, 0.25) is 10.0 Å². The molecule has 2 N–H and O–H groups in total. The lowest BCUT2D eigenvalue weighted by atomic mass is 9.66. The number of nitrogens with one attached hydrogen (secondary N) is 2. The van der Waals surface area contributed by atoms with Gasteiger partial charge < -0.3 is 5.32 Å². The van der Waals surface area contributed by atoms with Gasteiger partial charge in [-0.05, 0) is 50.3 Å². The fraction of sp³-hybridized carbons (Fsp3) is 0.650. The first-order valence-corrected chi connectivity index (χ1v) is 14.1. The van der Waals surface area contributed by atoms with E-state index in [2.05, 4.69) is 10.0 Å². The van der Waals surface area contributed by atoms with Crippen LogP contribution in [0.15, 0.2) is 18.2 Å². The summed E-state index contributed by atoms with van der Waals surface area (Å²) in [7, 11) is -7.66. The fourth-order valence-electron chi connectivity index (χ4n) is 4.20. The summed E-state index contributed by atoms with van der Waals surface area (Å²) in [4.78, 5) is 12.7. The predicted molar refractivity (Wildman–Crippen MR) is 115 cm³/mol. The van der Waals surface area contributed by atoms with E-state index in [9.17, 15) is 48.0 Å². The molecule has 1 aliphatic carbocycles. The number of halogens is 6. The van der Waals surface area contributed by atoms with Crippen LogP contribution in [0.5, 0.6) is 0 Å². The van der Waals surface area contributed by atoms with Crippen LogP contribution in [0.4, 0.5) is 32.0 Å². The molecule has 15 heteroatoms. The molecule has 0 radical (unpaired) electrons. The number of hydrogen-bond acceptors (Lipinski definition) is 5. The SMILES string of the molecule is O=C(NCCC1(C(F)(F)F)CCC1)c1cc(C(F)(F)F)ccc1NS(=O)(=O)C1CCS(=O)(=O)CC1. The highest BCUT2D eigenvalue weighted by Gasteiger charge is 2.57. The zero-order chi connectivity index (χ0) is 26.3. The maximum atomic E-state index is 13.3. The summed E-state index contributed by atoms with van der Waals surface area (Å²) in [6.07, 6.45) is -10.1. The molecule has 1 saturated carbocycles. The summed E-state index contributed by atoms with van der Waals surface area (Å²) in [5, 5.41) is 1.03. The smallest absolute Gasteiger partial charge is 0.352 e. The summed E-state index contributed by atoms with van der Waals surface area (Å²) in [5.74, 6) is -1.92. The number of sulfone groups is 1. The Labute approximate surface area is 198 Å². The lowest BCUT2D eigenvalue weighted by Crippen LogP contribution is -2.46. The number of rotatable bonds is 7. The van der Waals surface area contributed by atoms with Crippen molar-refractivity contribution in [3.05, 3.63) is 29.3 Å². The predicted octanol–water partition coefficient (Wildman–Crippen LogP) is 3.88. The standard InChI is InChI=1S/C20H24F6N2O5S2/c21-19(22,23)13-2-3-16(28-35(32,33)14-4-10-34(30,31)11-5-14)15(12-13)17(29)27-9-8-18(6-1-7-18)20(24,25)26/h2-3,12,14,28H,1,4-11H2,(H,27,29). The van der Waals surface area contributed by atoms with Gasteiger partial charge in [-0.25, -0.2) is 16.8 Å². The van der Waals surface area contributed by atoms with Crippen molar-refractivity contribution in [2.45, 2.75) is 56.1 Å². The van der Waals surface area contributed by atoms with Crippen LogP contribution in [-0.4, -0.2) is 52.2 Å². The molecular formula is C20H24F6N2O5S2. The lowest BCUT2D eigenvalue weighted by Gasteiger charge is -2.43. The third-order valence-electron chi connectivity index (χ3n) is 6.59. The van der Waals surface area contributed by atoms with E-state index in [1.165, 1.54) is 0 Å². The van der Waals surface area contributed by atoms with Crippen LogP contribution in [0.2, 0.25) is 0 Å². The van der Waals surface area contributed by atoms with E-state index in [1.54, 1.807) is 0 Å². The highest BCUT2D eigenvalue weighted by Crippen LogP contribution is 2.55. The van der Waals surface area contributed by atoms with Gasteiger partial charge in [0.25, 0.3) is 5.91 Å². The number of carbonyl (C=O) groups excluding carboxylic acids is 1. The Hall–Kier alpha value is -2.03. The molecule has 0 aromatic heterocycles. The molecule has 198 valence electrons. The average molecular weight is 551 g/mol. The Morgan fingerprint density at radius 3 is 2.14 bits per heavy atom. The van der Waals surface area contributed by atoms with E-state index >= 15 is 0 Å². The molecule has 1 heterocycles. The van der Waals surface area contributed by atoms with Crippen LogP contribution < -0.4 is 10.0 Å². The summed E-state index contributed by atoms with van der Waals surface area (Å²) in [6.45, 7) is -0.471. The molecule has 0 atom stereocenters. The molecule has 0 unspecified atom stereocenters. The van der Waals surface area contributed by atoms with Gasteiger partial charge in [-0.15, -0.1) is 0 Å². The van der Waals surface area contributed by atoms with Crippen molar-refractivity contribution in [1.82, 2.24) is 5.32 Å². The topological polar surface area (TPSA) is 109 Å². The van der Waals surface area contributed by atoms with Crippen LogP contribution in [0.1, 0.15) is 54.4 Å². The molecule has 1 aromatic rings. The van der Waals surface area contributed by atoms with Crippen LogP contribution in [0.25, 0.3) is 0 Å². The Bertz CT molecular complexity index is 1160. The van der Waals surface area contributed by atoms with E-state index in [-0.39, 0.29) is 37.2 Å². The van der Waals surface area contributed by atoms with E-state index in [1.807, 2.05) is 0 Å². The second-order valence-corrected chi connectivity index (χ2v) is 13.2. The van der Waals surface area contributed by atoms with Crippen LogP contribution in [0, 0.1) is 5.41 Å². The van der Waals surface area contributed by atoms with Crippen LogP contribution >= 0.6 is 0 Å². The molecule has 1 aromatic carbocycles. The molecule has 3 rings (SSSR count). The number of benzene rings is 1. The van der Waals surface area contributed by atoms with Crippen molar-refractivity contribution in [3.8, 4) is 0 Å². The Morgan fingerprint density at radius 2 is 1.66 bits per heavy atom. The number of anilines is 1. The zero-order valence-corrected chi connectivity index (χ0v) is 19.9. The van der Waals surface area contributed by atoms with Gasteiger partial charge in [-0.3, -0.25) is 9.52 Å². The highest BCUT2D eigenvalue weighted by atomic mass is 32.2. The van der Waals surface area contributed by atoms with Gasteiger partial charge in [0.15, 0.2) is 0 Å². The molecule has 2 aliphatic rings. The maximum absolute atomic E-state index is 13.3. The molecular weight excluding hydrogens is 526 g/mol. The van der Waals surface area contributed by atoms with Crippen molar-refractivity contribution < 1.29 is 48.0 Å². The Kier molecular flexibility index (Phi) is 7.44. The van der Waals surface area contributed by atoms with Gasteiger partial charge in [0, 0.05) is 6.54 Å². The minimum absolute atomic E-state index is 0.113. The molecule has 0 spiro atoms. The summed E-state index contributed by atoms with van der Waals surface area (Å²) >= 11 is 0. The number of amides is 1.